The number of hydrogen-bond acceptors (Lipinski definition) is 3. The van der Waals surface area contributed by atoms with E-state index in [1.54, 1.807) is 6.92 Å². The maximum atomic E-state index is 12.0. The zero-order chi connectivity index (χ0) is 13.3. The summed E-state index contributed by atoms with van der Waals surface area (Å²) < 4.78 is 5.65. The van der Waals surface area contributed by atoms with E-state index in [1.807, 2.05) is 0 Å². The Morgan fingerprint density at radius 2 is 2.22 bits per heavy atom. The summed E-state index contributed by atoms with van der Waals surface area (Å²) in [6.07, 6.45) is 3.67. The van der Waals surface area contributed by atoms with Crippen LogP contribution in [0.3, 0.4) is 0 Å². The van der Waals surface area contributed by atoms with Crippen LogP contribution in [0.4, 0.5) is 4.79 Å². The van der Waals surface area contributed by atoms with Crippen molar-refractivity contribution in [3.8, 4) is 0 Å². The fraction of sp³-hybridized carbons (Fsp3) is 0.833. The number of fused-ring (bicyclic) bond motifs is 2. The minimum absolute atomic E-state index is 0.0324. The number of hydrogen-bond donors (Lipinski definition) is 2. The first-order valence-electron chi connectivity index (χ1n) is 6.44. The van der Waals surface area contributed by atoms with Crippen molar-refractivity contribution in [1.82, 2.24) is 10.2 Å². The normalized spacial score (nSPS) is 31.1. The molecule has 2 amide bonds. The number of aliphatic carboxylic acids is 1. The Morgan fingerprint density at radius 3 is 2.67 bits per heavy atom. The summed E-state index contributed by atoms with van der Waals surface area (Å²) in [5, 5.41) is 11.9. The second-order valence-electron chi connectivity index (χ2n) is 5.04. The molecular weight excluding hydrogens is 236 g/mol. The second-order valence-corrected chi connectivity index (χ2v) is 5.04. The molecule has 2 fully saturated rings. The van der Waals surface area contributed by atoms with Crippen molar-refractivity contribution in [3.05, 3.63) is 0 Å². The average molecular weight is 256 g/mol. The lowest BCUT2D eigenvalue weighted by molar-refractivity contribution is -0.141. The quantitative estimate of drug-likeness (QED) is 0.780. The molecule has 6 nitrogen and oxygen atoms in total. The molecule has 0 aromatic heterocycles. The fourth-order valence-corrected chi connectivity index (χ4v) is 2.81. The van der Waals surface area contributed by atoms with E-state index in [2.05, 4.69) is 5.32 Å². The summed E-state index contributed by atoms with van der Waals surface area (Å²) in [6, 6.07) is -1.07. The Bertz CT molecular complexity index is 347. The summed E-state index contributed by atoms with van der Waals surface area (Å²) in [6.45, 7) is 1.75. The number of carbonyl (C=O) groups is 2. The number of carboxylic acids is 1. The molecule has 4 atom stereocenters. The van der Waals surface area contributed by atoms with E-state index in [1.165, 1.54) is 11.9 Å². The lowest BCUT2D eigenvalue weighted by atomic mass is 9.96. The SMILES string of the molecule is CCC(C(=O)O)N(C)C(=O)NC1CC2CCC1O2. The van der Waals surface area contributed by atoms with Gasteiger partial charge in [-0.15, -0.1) is 0 Å². The van der Waals surface area contributed by atoms with Gasteiger partial charge in [0.1, 0.15) is 6.04 Å². The first-order chi connectivity index (χ1) is 8.52. The largest absolute Gasteiger partial charge is 0.480 e. The van der Waals surface area contributed by atoms with Gasteiger partial charge in [-0.1, -0.05) is 6.92 Å². The number of ether oxygens (including phenoxy) is 1. The predicted molar refractivity (Wildman–Crippen MR) is 64.3 cm³/mol. The Balaban J connectivity index is 1.89. The van der Waals surface area contributed by atoms with Gasteiger partial charge in [0.15, 0.2) is 0 Å². The number of carbonyl (C=O) groups excluding carboxylic acids is 1. The van der Waals surface area contributed by atoms with Crippen LogP contribution in [0.2, 0.25) is 0 Å². The minimum Gasteiger partial charge on any atom is -0.480 e. The van der Waals surface area contributed by atoms with Crippen LogP contribution in [-0.2, 0) is 9.53 Å². The number of carboxylic acid groups (broad SMARTS) is 1. The Labute approximate surface area is 106 Å². The molecule has 0 aromatic rings. The van der Waals surface area contributed by atoms with Crippen LogP contribution < -0.4 is 5.32 Å². The van der Waals surface area contributed by atoms with E-state index in [4.69, 9.17) is 9.84 Å². The third-order valence-electron chi connectivity index (χ3n) is 3.87. The molecule has 4 unspecified atom stereocenters. The summed E-state index contributed by atoms with van der Waals surface area (Å²) in [7, 11) is 1.52. The third kappa shape index (κ3) is 2.43. The summed E-state index contributed by atoms with van der Waals surface area (Å²) in [4.78, 5) is 24.2. The number of nitrogens with one attached hydrogen (secondary N) is 1. The highest BCUT2D eigenvalue weighted by Gasteiger charge is 2.42. The molecule has 2 heterocycles. The van der Waals surface area contributed by atoms with Crippen LogP contribution >= 0.6 is 0 Å². The third-order valence-corrected chi connectivity index (χ3v) is 3.87. The molecule has 2 rings (SSSR count). The zero-order valence-electron chi connectivity index (χ0n) is 10.8. The standard InChI is InChI=1S/C12H20N2O4/c1-3-9(11(15)16)14(2)12(17)13-8-6-7-4-5-10(8)18-7/h7-10H,3-6H2,1-2H3,(H,13,17)(H,15,16). The van der Waals surface area contributed by atoms with Gasteiger partial charge >= 0.3 is 12.0 Å². The maximum Gasteiger partial charge on any atom is 0.326 e. The van der Waals surface area contributed by atoms with Gasteiger partial charge in [-0.25, -0.2) is 9.59 Å². The predicted octanol–water partition coefficient (Wildman–Crippen LogP) is 0.811. The summed E-state index contributed by atoms with van der Waals surface area (Å²) >= 11 is 0. The highest BCUT2D eigenvalue weighted by atomic mass is 16.5. The van der Waals surface area contributed by atoms with Crippen molar-refractivity contribution < 1.29 is 19.4 Å². The molecule has 2 aliphatic heterocycles. The number of urea groups is 1. The molecule has 2 bridgehead atoms. The number of amides is 2. The Hall–Kier alpha value is -1.30. The van der Waals surface area contributed by atoms with E-state index in [0.29, 0.717) is 6.42 Å². The molecule has 102 valence electrons. The first-order valence-corrected chi connectivity index (χ1v) is 6.44. The summed E-state index contributed by atoms with van der Waals surface area (Å²) in [5.74, 6) is -0.973. The molecule has 0 aromatic carbocycles. The Kier molecular flexibility index (Phi) is 3.75. The van der Waals surface area contributed by atoms with Crippen LogP contribution in [0, 0.1) is 0 Å². The van der Waals surface area contributed by atoms with Gasteiger partial charge in [-0.2, -0.15) is 0 Å². The smallest absolute Gasteiger partial charge is 0.326 e. The van der Waals surface area contributed by atoms with Crippen molar-refractivity contribution in [3.63, 3.8) is 0 Å². The van der Waals surface area contributed by atoms with E-state index >= 15 is 0 Å². The summed E-state index contributed by atoms with van der Waals surface area (Å²) in [5.41, 5.74) is 0. The zero-order valence-corrected chi connectivity index (χ0v) is 10.8. The van der Waals surface area contributed by atoms with Crippen LogP contribution in [-0.4, -0.2) is 53.3 Å². The van der Waals surface area contributed by atoms with Gasteiger partial charge in [-0.3, -0.25) is 0 Å². The van der Waals surface area contributed by atoms with Gasteiger partial charge < -0.3 is 20.1 Å². The van der Waals surface area contributed by atoms with E-state index in [9.17, 15) is 9.59 Å². The Morgan fingerprint density at radius 1 is 1.50 bits per heavy atom. The molecular formula is C12H20N2O4. The van der Waals surface area contributed by atoms with E-state index < -0.39 is 12.0 Å². The lowest BCUT2D eigenvalue weighted by Crippen LogP contribution is -2.51. The molecule has 2 saturated heterocycles. The van der Waals surface area contributed by atoms with E-state index in [0.717, 1.165) is 19.3 Å². The monoisotopic (exact) mass is 256 g/mol. The van der Waals surface area contributed by atoms with Crippen molar-refractivity contribution in [2.45, 2.75) is 56.9 Å². The van der Waals surface area contributed by atoms with Crippen molar-refractivity contribution in [1.29, 1.82) is 0 Å². The second kappa shape index (κ2) is 5.14. The molecule has 2 aliphatic rings. The molecule has 6 heteroatoms. The van der Waals surface area contributed by atoms with Gasteiger partial charge in [0.05, 0.1) is 18.2 Å². The van der Waals surface area contributed by atoms with Crippen LogP contribution in [0.25, 0.3) is 0 Å². The number of rotatable bonds is 4. The van der Waals surface area contributed by atoms with Crippen molar-refractivity contribution >= 4 is 12.0 Å². The highest BCUT2D eigenvalue weighted by molar-refractivity contribution is 5.82. The lowest BCUT2D eigenvalue weighted by Gasteiger charge is -2.27. The van der Waals surface area contributed by atoms with Crippen LogP contribution in [0.5, 0.6) is 0 Å². The number of likely N-dealkylation sites (N-methyl/N-ethyl adjacent to an activating group) is 1. The first kappa shape index (κ1) is 13.1. The van der Waals surface area contributed by atoms with Crippen LogP contribution in [0.1, 0.15) is 32.6 Å². The van der Waals surface area contributed by atoms with Crippen molar-refractivity contribution in [2.75, 3.05) is 7.05 Å². The van der Waals surface area contributed by atoms with Gasteiger partial charge in [-0.05, 0) is 25.7 Å². The van der Waals surface area contributed by atoms with Gasteiger partial charge in [0.2, 0.25) is 0 Å². The minimum atomic E-state index is -0.973. The van der Waals surface area contributed by atoms with Crippen molar-refractivity contribution in [2.24, 2.45) is 0 Å². The van der Waals surface area contributed by atoms with E-state index in [-0.39, 0.29) is 24.3 Å². The topological polar surface area (TPSA) is 78.9 Å². The molecule has 0 spiro atoms. The molecule has 18 heavy (non-hydrogen) atoms. The average Bonchev–Trinajstić information content (AvgIpc) is 2.91. The van der Waals surface area contributed by atoms with Crippen LogP contribution in [0.15, 0.2) is 0 Å². The molecule has 2 N–H and O–H groups in total. The molecule has 0 radical (unpaired) electrons. The molecule has 0 saturated carbocycles. The van der Waals surface area contributed by atoms with Gasteiger partial charge in [0.25, 0.3) is 0 Å². The fourth-order valence-electron chi connectivity index (χ4n) is 2.81. The van der Waals surface area contributed by atoms with Gasteiger partial charge in [0, 0.05) is 7.05 Å². The molecule has 0 aliphatic carbocycles. The number of nitrogens with zero attached hydrogens (tertiary/aromatic N) is 1. The highest BCUT2D eigenvalue weighted by Crippen LogP contribution is 2.34. The maximum absolute atomic E-state index is 12.0.